The van der Waals surface area contributed by atoms with Gasteiger partial charge < -0.3 is 14.4 Å². The zero-order valence-electron chi connectivity index (χ0n) is 19.0. The topological polar surface area (TPSA) is 71.8 Å². The van der Waals surface area contributed by atoms with Gasteiger partial charge in [0.25, 0.3) is 0 Å². The predicted octanol–water partition coefficient (Wildman–Crippen LogP) is 5.06. The summed E-state index contributed by atoms with van der Waals surface area (Å²) >= 11 is 0. The highest BCUT2D eigenvalue weighted by atomic mass is 16.6. The van der Waals surface area contributed by atoms with Crippen LogP contribution in [-0.2, 0) is 23.0 Å². The summed E-state index contributed by atoms with van der Waals surface area (Å²) in [6, 6.07) is 24.4. The second-order valence-electron chi connectivity index (χ2n) is 8.69. The molecule has 0 saturated carbocycles. The number of ether oxygens (including phenoxy) is 1. The van der Waals surface area contributed by atoms with Gasteiger partial charge in [-0.15, -0.1) is 0 Å². The van der Waals surface area contributed by atoms with E-state index in [1.165, 1.54) is 4.90 Å². The summed E-state index contributed by atoms with van der Waals surface area (Å²) in [4.78, 5) is 25.6. The van der Waals surface area contributed by atoms with Crippen molar-refractivity contribution in [2.75, 3.05) is 19.7 Å². The first kappa shape index (κ1) is 21.8. The molecule has 0 atom stereocenters. The van der Waals surface area contributed by atoms with Crippen LogP contribution in [0.1, 0.15) is 22.6 Å². The molecule has 1 aliphatic carbocycles. The molecule has 0 aliphatic heterocycles. The number of aromatic nitrogens is 1. The number of aryl methyl sites for hydroxylation is 1. The van der Waals surface area contributed by atoms with E-state index in [9.17, 15) is 14.7 Å². The first-order valence-electron chi connectivity index (χ1n) is 11.4. The maximum atomic E-state index is 12.9. The number of carboxylic acids is 1. The van der Waals surface area contributed by atoms with Crippen LogP contribution in [0.5, 0.6) is 0 Å². The van der Waals surface area contributed by atoms with Crippen molar-refractivity contribution in [2.24, 2.45) is 7.05 Å². The van der Waals surface area contributed by atoms with Crippen molar-refractivity contribution >= 4 is 23.0 Å². The molecule has 0 bridgehead atoms. The lowest BCUT2D eigenvalue weighted by atomic mass is 9.98. The summed E-state index contributed by atoms with van der Waals surface area (Å²) in [5, 5.41) is 10.5. The summed E-state index contributed by atoms with van der Waals surface area (Å²) < 4.78 is 7.73. The van der Waals surface area contributed by atoms with Gasteiger partial charge >= 0.3 is 12.1 Å². The van der Waals surface area contributed by atoms with Crippen molar-refractivity contribution in [1.29, 1.82) is 0 Å². The Bertz CT molecular complexity index is 1330. The average molecular weight is 455 g/mol. The summed E-state index contributed by atoms with van der Waals surface area (Å²) in [5.74, 6) is -1.13. The van der Waals surface area contributed by atoms with E-state index in [1.54, 1.807) is 0 Å². The number of hydrogen-bond donors (Lipinski definition) is 1. The fraction of sp³-hybridized carbons (Fsp3) is 0.214. The Kier molecular flexibility index (Phi) is 5.80. The maximum absolute atomic E-state index is 12.9. The van der Waals surface area contributed by atoms with Crippen LogP contribution in [0.3, 0.4) is 0 Å². The molecule has 0 fully saturated rings. The molecule has 6 heteroatoms. The molecule has 0 radical (unpaired) electrons. The molecule has 1 aromatic heterocycles. The van der Waals surface area contributed by atoms with Crippen molar-refractivity contribution < 1.29 is 19.4 Å². The third-order valence-corrected chi connectivity index (χ3v) is 6.54. The largest absolute Gasteiger partial charge is 0.480 e. The monoisotopic (exact) mass is 454 g/mol. The van der Waals surface area contributed by atoms with Gasteiger partial charge in [0, 0.05) is 31.2 Å². The third-order valence-electron chi connectivity index (χ3n) is 6.54. The van der Waals surface area contributed by atoms with E-state index in [0.717, 1.165) is 38.7 Å². The Hall–Kier alpha value is -4.06. The first-order valence-corrected chi connectivity index (χ1v) is 11.4. The number of hydrogen-bond acceptors (Lipinski definition) is 3. The van der Waals surface area contributed by atoms with Crippen LogP contribution in [0, 0.1) is 0 Å². The van der Waals surface area contributed by atoms with Crippen molar-refractivity contribution in [3.05, 3.63) is 95.7 Å². The van der Waals surface area contributed by atoms with Gasteiger partial charge in [0.05, 0.1) is 0 Å². The van der Waals surface area contributed by atoms with Crippen LogP contribution >= 0.6 is 0 Å². The van der Waals surface area contributed by atoms with Gasteiger partial charge in [-0.1, -0.05) is 54.6 Å². The van der Waals surface area contributed by atoms with Gasteiger partial charge in [-0.05, 0) is 57.8 Å². The highest BCUT2D eigenvalue weighted by Gasteiger charge is 2.30. The fourth-order valence-electron chi connectivity index (χ4n) is 4.83. The van der Waals surface area contributed by atoms with Crippen LogP contribution in [0.25, 0.3) is 22.0 Å². The number of fused-ring (bicyclic) bond motifs is 4. The number of carboxylic acid groups (broad SMARTS) is 1. The highest BCUT2D eigenvalue weighted by Crippen LogP contribution is 2.44. The summed E-state index contributed by atoms with van der Waals surface area (Å²) in [6.45, 7) is 0.0323. The zero-order chi connectivity index (χ0) is 23.7. The summed E-state index contributed by atoms with van der Waals surface area (Å²) in [7, 11) is 1.99. The number of amides is 1. The molecule has 3 aromatic carbocycles. The molecular formula is C28H26N2O4. The SMILES string of the molecule is Cn1ccc2cc(CCN(CC(=O)O)C(=O)OCC3c4ccccc4-c4ccccc43)ccc21. The molecule has 0 unspecified atom stereocenters. The van der Waals surface area contributed by atoms with E-state index in [2.05, 4.69) is 30.3 Å². The van der Waals surface area contributed by atoms with Gasteiger partial charge in [0.2, 0.25) is 0 Å². The van der Waals surface area contributed by atoms with Crippen molar-refractivity contribution in [3.8, 4) is 11.1 Å². The van der Waals surface area contributed by atoms with Crippen LogP contribution < -0.4 is 0 Å². The van der Waals surface area contributed by atoms with Crippen LogP contribution in [0.4, 0.5) is 4.79 Å². The average Bonchev–Trinajstić information content (AvgIpc) is 3.37. The number of aliphatic carboxylic acids is 1. The quantitative estimate of drug-likeness (QED) is 0.424. The van der Waals surface area contributed by atoms with Gasteiger partial charge in [-0.2, -0.15) is 0 Å². The van der Waals surface area contributed by atoms with Gasteiger partial charge in [0.1, 0.15) is 13.2 Å². The van der Waals surface area contributed by atoms with E-state index < -0.39 is 18.6 Å². The van der Waals surface area contributed by atoms with E-state index in [4.69, 9.17) is 4.74 Å². The molecule has 4 aromatic rings. The van der Waals surface area contributed by atoms with Crippen LogP contribution in [0.15, 0.2) is 79.0 Å². The van der Waals surface area contributed by atoms with E-state index in [-0.39, 0.29) is 19.1 Å². The molecule has 172 valence electrons. The van der Waals surface area contributed by atoms with Crippen LogP contribution in [0.2, 0.25) is 0 Å². The van der Waals surface area contributed by atoms with E-state index in [1.807, 2.05) is 60.3 Å². The van der Waals surface area contributed by atoms with Gasteiger partial charge in [-0.3, -0.25) is 9.69 Å². The molecule has 5 rings (SSSR count). The molecule has 1 heterocycles. The predicted molar refractivity (Wildman–Crippen MR) is 131 cm³/mol. The molecular weight excluding hydrogens is 428 g/mol. The van der Waals surface area contributed by atoms with E-state index >= 15 is 0 Å². The van der Waals surface area contributed by atoms with Gasteiger partial charge in [-0.25, -0.2) is 4.79 Å². The molecule has 1 amide bonds. The first-order chi connectivity index (χ1) is 16.5. The summed E-state index contributed by atoms with van der Waals surface area (Å²) in [5.41, 5.74) is 6.72. The second-order valence-corrected chi connectivity index (χ2v) is 8.69. The Morgan fingerprint density at radius 2 is 1.65 bits per heavy atom. The Morgan fingerprint density at radius 1 is 0.971 bits per heavy atom. The minimum absolute atomic E-state index is 0.0662. The molecule has 1 aliphatic rings. The van der Waals surface area contributed by atoms with Crippen molar-refractivity contribution in [2.45, 2.75) is 12.3 Å². The molecule has 0 spiro atoms. The Balaban J connectivity index is 1.28. The lowest BCUT2D eigenvalue weighted by Gasteiger charge is -2.22. The van der Waals surface area contributed by atoms with E-state index in [0.29, 0.717) is 6.42 Å². The Labute approximate surface area is 198 Å². The standard InChI is InChI=1S/C28H26N2O4/c1-29-14-13-20-16-19(10-11-26(20)29)12-15-30(17-27(31)32)28(33)34-18-25-23-8-4-2-6-21(23)22-7-3-5-9-24(22)25/h2-11,13-14,16,25H,12,15,17-18H2,1H3,(H,31,32). The second kappa shape index (κ2) is 9.06. The third kappa shape index (κ3) is 4.15. The fourth-order valence-corrected chi connectivity index (χ4v) is 4.83. The molecule has 1 N–H and O–H groups in total. The highest BCUT2D eigenvalue weighted by molar-refractivity contribution is 5.81. The molecule has 6 nitrogen and oxygen atoms in total. The summed E-state index contributed by atoms with van der Waals surface area (Å²) in [6.07, 6.45) is 1.94. The lowest BCUT2D eigenvalue weighted by molar-refractivity contribution is -0.138. The lowest BCUT2D eigenvalue weighted by Crippen LogP contribution is -2.38. The number of rotatable bonds is 7. The molecule has 0 saturated heterocycles. The van der Waals surface area contributed by atoms with Crippen LogP contribution in [-0.4, -0.2) is 46.3 Å². The van der Waals surface area contributed by atoms with Crippen molar-refractivity contribution in [3.63, 3.8) is 0 Å². The Morgan fingerprint density at radius 3 is 2.32 bits per heavy atom. The minimum atomic E-state index is -1.06. The zero-order valence-corrected chi connectivity index (χ0v) is 19.0. The normalized spacial score (nSPS) is 12.4. The van der Waals surface area contributed by atoms with Gasteiger partial charge in [0.15, 0.2) is 0 Å². The molecule has 34 heavy (non-hydrogen) atoms. The number of nitrogens with zero attached hydrogens (tertiary/aromatic N) is 2. The number of carbonyl (C=O) groups excluding carboxylic acids is 1. The maximum Gasteiger partial charge on any atom is 0.410 e. The van der Waals surface area contributed by atoms with Crippen molar-refractivity contribution in [1.82, 2.24) is 9.47 Å². The smallest absolute Gasteiger partial charge is 0.410 e. The number of carbonyl (C=O) groups is 2. The number of benzene rings is 3. The minimum Gasteiger partial charge on any atom is -0.480 e.